The van der Waals surface area contributed by atoms with Crippen LogP contribution in [-0.4, -0.2) is 18.0 Å². The molecule has 1 N–H and O–H groups in total. The van der Waals surface area contributed by atoms with E-state index in [9.17, 15) is 4.79 Å². The van der Waals surface area contributed by atoms with Gasteiger partial charge in [-0.25, -0.2) is 0 Å². The van der Waals surface area contributed by atoms with Crippen LogP contribution in [0.4, 0.5) is 0 Å². The lowest BCUT2D eigenvalue weighted by Crippen LogP contribution is -2.11. The molecule has 0 aromatic carbocycles. The standard InChI is InChI=1S/C8H11ClO2/c9-8-6(4-10)2-1-3-7(8)5-11/h4,6,11H,1-3,5H2. The van der Waals surface area contributed by atoms with Crippen molar-refractivity contribution >= 4 is 17.9 Å². The van der Waals surface area contributed by atoms with Crippen molar-refractivity contribution in [3.63, 3.8) is 0 Å². The van der Waals surface area contributed by atoms with Gasteiger partial charge in [0.25, 0.3) is 0 Å². The molecule has 0 saturated heterocycles. The Labute approximate surface area is 70.9 Å². The summed E-state index contributed by atoms with van der Waals surface area (Å²) in [5.41, 5.74) is 0.829. The van der Waals surface area contributed by atoms with E-state index in [1.54, 1.807) is 0 Å². The van der Waals surface area contributed by atoms with Gasteiger partial charge in [0.1, 0.15) is 6.29 Å². The van der Waals surface area contributed by atoms with Gasteiger partial charge in [-0.05, 0) is 24.8 Å². The fraction of sp³-hybridized carbons (Fsp3) is 0.625. The van der Waals surface area contributed by atoms with E-state index in [0.717, 1.165) is 31.1 Å². The molecule has 0 amide bonds. The first-order chi connectivity index (χ1) is 5.29. The highest BCUT2D eigenvalue weighted by molar-refractivity contribution is 6.31. The molecule has 11 heavy (non-hydrogen) atoms. The van der Waals surface area contributed by atoms with Crippen molar-refractivity contribution in [3.05, 3.63) is 10.6 Å². The number of carbonyl (C=O) groups is 1. The summed E-state index contributed by atoms with van der Waals surface area (Å²) in [5, 5.41) is 9.38. The van der Waals surface area contributed by atoms with Crippen LogP contribution >= 0.6 is 11.6 Å². The van der Waals surface area contributed by atoms with E-state index in [-0.39, 0.29) is 12.5 Å². The molecular weight excluding hydrogens is 164 g/mol. The number of halogens is 1. The number of hydrogen-bond acceptors (Lipinski definition) is 2. The number of allylic oxidation sites excluding steroid dienone is 1. The molecule has 62 valence electrons. The number of aldehydes is 1. The third-order valence-electron chi connectivity index (χ3n) is 2.01. The Hall–Kier alpha value is -0.340. The summed E-state index contributed by atoms with van der Waals surface area (Å²) in [4.78, 5) is 10.4. The predicted molar refractivity (Wildman–Crippen MR) is 43.4 cm³/mol. The van der Waals surface area contributed by atoms with Gasteiger partial charge in [0, 0.05) is 5.03 Å². The van der Waals surface area contributed by atoms with Gasteiger partial charge in [-0.2, -0.15) is 0 Å². The number of aliphatic hydroxyl groups is 1. The molecule has 0 aliphatic heterocycles. The monoisotopic (exact) mass is 174 g/mol. The van der Waals surface area contributed by atoms with E-state index < -0.39 is 0 Å². The molecule has 1 aliphatic carbocycles. The highest BCUT2D eigenvalue weighted by Gasteiger charge is 2.20. The molecule has 0 fully saturated rings. The number of aliphatic hydroxyl groups excluding tert-OH is 1. The van der Waals surface area contributed by atoms with Crippen LogP contribution in [-0.2, 0) is 4.79 Å². The minimum absolute atomic E-state index is 0.0107. The van der Waals surface area contributed by atoms with Gasteiger partial charge >= 0.3 is 0 Å². The highest BCUT2D eigenvalue weighted by Crippen LogP contribution is 2.30. The van der Waals surface area contributed by atoms with Crippen LogP contribution in [0, 0.1) is 5.92 Å². The fourth-order valence-corrected chi connectivity index (χ4v) is 1.64. The van der Waals surface area contributed by atoms with Crippen molar-refractivity contribution in [1.82, 2.24) is 0 Å². The van der Waals surface area contributed by atoms with Crippen LogP contribution in [0.1, 0.15) is 19.3 Å². The molecular formula is C8H11ClO2. The summed E-state index contributed by atoms with van der Waals surface area (Å²) < 4.78 is 0. The van der Waals surface area contributed by atoms with E-state index in [1.807, 2.05) is 0 Å². The molecule has 0 spiro atoms. The van der Waals surface area contributed by atoms with Crippen molar-refractivity contribution in [2.45, 2.75) is 19.3 Å². The van der Waals surface area contributed by atoms with Gasteiger partial charge in [-0.15, -0.1) is 0 Å². The second-order valence-corrected chi connectivity index (χ2v) is 3.15. The molecule has 0 saturated carbocycles. The van der Waals surface area contributed by atoms with Gasteiger partial charge < -0.3 is 9.90 Å². The number of rotatable bonds is 2. The van der Waals surface area contributed by atoms with Crippen molar-refractivity contribution in [1.29, 1.82) is 0 Å². The second kappa shape index (κ2) is 3.88. The lowest BCUT2D eigenvalue weighted by molar-refractivity contribution is -0.110. The Morgan fingerprint density at radius 3 is 3.00 bits per heavy atom. The minimum atomic E-state index is -0.160. The summed E-state index contributed by atoms with van der Waals surface area (Å²) in [6.07, 6.45) is 3.47. The first-order valence-corrected chi connectivity index (χ1v) is 4.11. The summed E-state index contributed by atoms with van der Waals surface area (Å²) in [6.45, 7) is -0.0107. The maximum absolute atomic E-state index is 10.4. The van der Waals surface area contributed by atoms with Crippen LogP contribution in [0.2, 0.25) is 0 Å². The van der Waals surface area contributed by atoms with Crippen molar-refractivity contribution < 1.29 is 9.90 Å². The Kier molecular flexibility index (Phi) is 3.09. The molecule has 1 atom stereocenters. The third-order valence-corrected chi connectivity index (χ3v) is 2.56. The zero-order valence-corrected chi connectivity index (χ0v) is 6.97. The third kappa shape index (κ3) is 1.82. The van der Waals surface area contributed by atoms with Crippen LogP contribution in [0.15, 0.2) is 10.6 Å². The molecule has 1 unspecified atom stereocenters. The zero-order chi connectivity index (χ0) is 8.27. The lowest BCUT2D eigenvalue weighted by Gasteiger charge is -2.19. The quantitative estimate of drug-likeness (QED) is 0.644. The Morgan fingerprint density at radius 2 is 2.45 bits per heavy atom. The summed E-state index contributed by atoms with van der Waals surface area (Å²) in [5.74, 6) is -0.160. The SMILES string of the molecule is O=CC1CCCC(CO)=C1Cl. The average Bonchev–Trinajstić information content (AvgIpc) is 2.05. The largest absolute Gasteiger partial charge is 0.392 e. The lowest BCUT2D eigenvalue weighted by atomic mass is 9.91. The topological polar surface area (TPSA) is 37.3 Å². The smallest absolute Gasteiger partial charge is 0.128 e. The molecule has 1 aliphatic rings. The van der Waals surface area contributed by atoms with E-state index in [0.29, 0.717) is 5.03 Å². The second-order valence-electron chi connectivity index (χ2n) is 2.74. The molecule has 0 bridgehead atoms. The Bertz CT molecular complexity index is 187. The normalized spacial score (nSPS) is 25.5. The molecule has 2 nitrogen and oxygen atoms in total. The van der Waals surface area contributed by atoms with Gasteiger partial charge in [-0.3, -0.25) is 0 Å². The van der Waals surface area contributed by atoms with Gasteiger partial charge in [-0.1, -0.05) is 11.6 Å². The van der Waals surface area contributed by atoms with Gasteiger partial charge in [0.05, 0.1) is 12.5 Å². The number of carbonyl (C=O) groups excluding carboxylic acids is 1. The first kappa shape index (κ1) is 8.75. The molecule has 0 aromatic heterocycles. The van der Waals surface area contributed by atoms with Crippen molar-refractivity contribution in [2.24, 2.45) is 5.92 Å². The van der Waals surface area contributed by atoms with Gasteiger partial charge in [0.2, 0.25) is 0 Å². The summed E-state index contributed by atoms with van der Waals surface area (Å²) in [6, 6.07) is 0. The van der Waals surface area contributed by atoms with E-state index >= 15 is 0 Å². The Morgan fingerprint density at radius 1 is 1.73 bits per heavy atom. The molecule has 1 rings (SSSR count). The maximum atomic E-state index is 10.4. The van der Waals surface area contributed by atoms with E-state index in [4.69, 9.17) is 16.7 Å². The minimum Gasteiger partial charge on any atom is -0.392 e. The average molecular weight is 175 g/mol. The Balaban J connectivity index is 2.78. The van der Waals surface area contributed by atoms with E-state index in [1.165, 1.54) is 0 Å². The van der Waals surface area contributed by atoms with Crippen LogP contribution in [0.5, 0.6) is 0 Å². The zero-order valence-electron chi connectivity index (χ0n) is 6.22. The first-order valence-electron chi connectivity index (χ1n) is 3.73. The van der Waals surface area contributed by atoms with Crippen molar-refractivity contribution in [3.8, 4) is 0 Å². The van der Waals surface area contributed by atoms with Crippen LogP contribution in [0.3, 0.4) is 0 Å². The van der Waals surface area contributed by atoms with Crippen LogP contribution in [0.25, 0.3) is 0 Å². The highest BCUT2D eigenvalue weighted by atomic mass is 35.5. The molecule has 3 heteroatoms. The summed E-state index contributed by atoms with van der Waals surface area (Å²) >= 11 is 5.84. The fourth-order valence-electron chi connectivity index (χ4n) is 1.33. The summed E-state index contributed by atoms with van der Waals surface area (Å²) in [7, 11) is 0. The predicted octanol–water partition coefficient (Wildman–Crippen LogP) is 1.47. The van der Waals surface area contributed by atoms with Crippen molar-refractivity contribution in [2.75, 3.05) is 6.61 Å². The molecule has 0 aromatic rings. The molecule has 0 radical (unpaired) electrons. The maximum Gasteiger partial charge on any atom is 0.128 e. The molecule has 0 heterocycles. The van der Waals surface area contributed by atoms with E-state index in [2.05, 4.69) is 0 Å². The van der Waals surface area contributed by atoms with Crippen LogP contribution < -0.4 is 0 Å². The number of hydrogen-bond donors (Lipinski definition) is 1. The van der Waals surface area contributed by atoms with Gasteiger partial charge in [0.15, 0.2) is 0 Å².